The van der Waals surface area contributed by atoms with Gasteiger partial charge in [-0.15, -0.1) is 0 Å². The number of carboxylic acids is 1. The summed E-state index contributed by atoms with van der Waals surface area (Å²) >= 11 is 0. The Hall–Kier alpha value is -1.92. The highest BCUT2D eigenvalue weighted by molar-refractivity contribution is 5.89. The summed E-state index contributed by atoms with van der Waals surface area (Å²) in [4.78, 5) is 22.7. The van der Waals surface area contributed by atoms with Crippen molar-refractivity contribution in [2.45, 2.75) is 52.4 Å². The van der Waals surface area contributed by atoms with E-state index in [0.717, 1.165) is 0 Å². The predicted molar refractivity (Wildman–Crippen MR) is 100 cm³/mol. The van der Waals surface area contributed by atoms with E-state index in [1.807, 2.05) is 6.07 Å². The smallest absolute Gasteiger partial charge is 0.338 e. The average molecular weight is 378 g/mol. The standard InChI is InChI=1S/C21H30O6/c1-14-15(2)18(13-26-20(24)17-9-5-4-6-10-17)27-21(16(14)3)25-12-8-7-11-19(22)23/h4-6,9-10,14-16,18,21H,7-8,11-13H2,1-3H3,(H,22,23)/t14?,15-,16+,18?,21-/m0/s1. The Kier molecular flexibility index (Phi) is 8.25. The molecule has 1 aliphatic rings. The fraction of sp³-hybridized carbons (Fsp3) is 0.619. The molecule has 0 aromatic heterocycles. The predicted octanol–water partition coefficient (Wildman–Crippen LogP) is 3.75. The lowest BCUT2D eigenvalue weighted by Gasteiger charge is -2.43. The summed E-state index contributed by atoms with van der Waals surface area (Å²) in [6, 6.07) is 8.90. The summed E-state index contributed by atoms with van der Waals surface area (Å²) in [6.07, 6.45) is 0.807. The quantitative estimate of drug-likeness (QED) is 0.521. The highest BCUT2D eigenvalue weighted by Gasteiger charge is 2.40. The molecule has 0 saturated carbocycles. The molecule has 27 heavy (non-hydrogen) atoms. The molecule has 150 valence electrons. The molecule has 0 bridgehead atoms. The van der Waals surface area contributed by atoms with Gasteiger partial charge in [-0.05, 0) is 36.8 Å². The number of hydrogen-bond donors (Lipinski definition) is 1. The maximum atomic E-state index is 12.2. The summed E-state index contributed by atoms with van der Waals surface area (Å²) in [7, 11) is 0. The second-order valence-corrected chi connectivity index (χ2v) is 7.31. The zero-order valence-corrected chi connectivity index (χ0v) is 16.3. The summed E-state index contributed by atoms with van der Waals surface area (Å²) < 4.78 is 17.4. The molecule has 1 aromatic rings. The zero-order chi connectivity index (χ0) is 19.8. The van der Waals surface area contributed by atoms with Crippen molar-refractivity contribution < 1.29 is 28.9 Å². The van der Waals surface area contributed by atoms with Crippen molar-refractivity contribution in [3.8, 4) is 0 Å². The average Bonchev–Trinajstić information content (AvgIpc) is 2.66. The van der Waals surface area contributed by atoms with Crippen LogP contribution in [-0.4, -0.2) is 42.7 Å². The first-order chi connectivity index (χ1) is 12.9. The van der Waals surface area contributed by atoms with Crippen molar-refractivity contribution in [3.05, 3.63) is 35.9 Å². The number of carbonyl (C=O) groups excluding carboxylic acids is 1. The van der Waals surface area contributed by atoms with Gasteiger partial charge >= 0.3 is 11.9 Å². The second kappa shape index (κ2) is 10.4. The number of unbranched alkanes of at least 4 members (excludes halogenated alkanes) is 1. The molecular formula is C21H30O6. The van der Waals surface area contributed by atoms with Crippen LogP contribution >= 0.6 is 0 Å². The molecule has 5 atom stereocenters. The Morgan fingerprint density at radius 3 is 2.41 bits per heavy atom. The van der Waals surface area contributed by atoms with Gasteiger partial charge in [0.05, 0.1) is 11.7 Å². The zero-order valence-electron chi connectivity index (χ0n) is 16.3. The molecule has 0 aliphatic carbocycles. The number of aliphatic carboxylic acids is 1. The first-order valence-electron chi connectivity index (χ1n) is 9.61. The Labute approximate surface area is 160 Å². The topological polar surface area (TPSA) is 82.1 Å². The number of rotatable bonds is 9. The van der Waals surface area contributed by atoms with Crippen LogP contribution in [0.4, 0.5) is 0 Å². The third kappa shape index (κ3) is 6.33. The summed E-state index contributed by atoms with van der Waals surface area (Å²) in [5.41, 5.74) is 0.522. The highest BCUT2D eigenvalue weighted by atomic mass is 16.7. The normalized spacial score (nSPS) is 27.9. The lowest BCUT2D eigenvalue weighted by molar-refractivity contribution is -0.254. The van der Waals surface area contributed by atoms with Crippen LogP contribution < -0.4 is 0 Å². The number of carbonyl (C=O) groups is 2. The molecule has 2 rings (SSSR count). The van der Waals surface area contributed by atoms with Crippen LogP contribution in [-0.2, 0) is 19.0 Å². The van der Waals surface area contributed by atoms with Crippen LogP contribution in [0.1, 0.15) is 50.4 Å². The van der Waals surface area contributed by atoms with Crippen LogP contribution in [0.25, 0.3) is 0 Å². The van der Waals surface area contributed by atoms with Gasteiger partial charge in [0.1, 0.15) is 6.61 Å². The highest BCUT2D eigenvalue weighted by Crippen LogP contribution is 2.35. The van der Waals surface area contributed by atoms with Gasteiger partial charge in [-0.3, -0.25) is 4.79 Å². The fourth-order valence-corrected chi connectivity index (χ4v) is 3.26. The largest absolute Gasteiger partial charge is 0.481 e. The molecule has 6 nitrogen and oxygen atoms in total. The van der Waals surface area contributed by atoms with Crippen LogP contribution in [0.5, 0.6) is 0 Å². The Morgan fingerprint density at radius 1 is 1.04 bits per heavy atom. The summed E-state index contributed by atoms with van der Waals surface area (Å²) in [5, 5.41) is 8.68. The summed E-state index contributed by atoms with van der Waals surface area (Å²) in [5.74, 6) is -0.358. The molecule has 2 unspecified atom stereocenters. The molecule has 0 spiro atoms. The minimum Gasteiger partial charge on any atom is -0.481 e. The fourth-order valence-electron chi connectivity index (χ4n) is 3.26. The lowest BCUT2D eigenvalue weighted by atomic mass is 9.79. The van der Waals surface area contributed by atoms with Gasteiger partial charge in [0.2, 0.25) is 0 Å². The van der Waals surface area contributed by atoms with E-state index in [0.29, 0.717) is 30.9 Å². The van der Waals surface area contributed by atoms with E-state index in [1.165, 1.54) is 0 Å². The van der Waals surface area contributed by atoms with E-state index in [4.69, 9.17) is 19.3 Å². The first kappa shape index (κ1) is 21.4. The van der Waals surface area contributed by atoms with Gasteiger partial charge in [-0.25, -0.2) is 4.79 Å². The minimum absolute atomic E-state index is 0.149. The molecule has 1 fully saturated rings. The molecule has 1 aromatic carbocycles. The van der Waals surface area contributed by atoms with Crippen molar-refractivity contribution in [1.82, 2.24) is 0 Å². The van der Waals surface area contributed by atoms with Crippen LogP contribution in [0.2, 0.25) is 0 Å². The summed E-state index contributed by atoms with van der Waals surface area (Å²) in [6.45, 7) is 7.00. The van der Waals surface area contributed by atoms with Crippen molar-refractivity contribution in [1.29, 1.82) is 0 Å². The van der Waals surface area contributed by atoms with E-state index in [2.05, 4.69) is 20.8 Å². The van der Waals surface area contributed by atoms with Gasteiger partial charge in [-0.2, -0.15) is 0 Å². The molecule has 6 heteroatoms. The number of esters is 1. The van der Waals surface area contributed by atoms with Gasteiger partial charge in [-0.1, -0.05) is 39.0 Å². The monoisotopic (exact) mass is 378 g/mol. The van der Waals surface area contributed by atoms with E-state index in [-0.39, 0.29) is 43.2 Å². The molecule has 0 radical (unpaired) electrons. The van der Waals surface area contributed by atoms with Crippen molar-refractivity contribution in [3.63, 3.8) is 0 Å². The first-order valence-corrected chi connectivity index (χ1v) is 9.61. The molecule has 1 N–H and O–H groups in total. The third-order valence-corrected chi connectivity index (χ3v) is 5.44. The SMILES string of the molecule is CC1[C@H](C)C(COC(=O)c2ccccc2)O[C@H](OCCCCC(=O)O)[C@@H]1C. The molecule has 1 heterocycles. The van der Waals surface area contributed by atoms with E-state index in [9.17, 15) is 9.59 Å². The van der Waals surface area contributed by atoms with Gasteiger partial charge < -0.3 is 19.3 Å². The number of carboxylic acid groups (broad SMARTS) is 1. The Bertz CT molecular complexity index is 602. The molecule has 1 aliphatic heterocycles. The second-order valence-electron chi connectivity index (χ2n) is 7.31. The Balaban J connectivity index is 1.84. The maximum Gasteiger partial charge on any atom is 0.338 e. The van der Waals surface area contributed by atoms with Gasteiger partial charge in [0, 0.05) is 18.9 Å². The lowest BCUT2D eigenvalue weighted by Crippen LogP contribution is -2.48. The van der Waals surface area contributed by atoms with E-state index in [1.54, 1.807) is 24.3 Å². The van der Waals surface area contributed by atoms with Gasteiger partial charge in [0.25, 0.3) is 0 Å². The Morgan fingerprint density at radius 2 is 1.74 bits per heavy atom. The minimum atomic E-state index is -0.792. The number of ether oxygens (including phenoxy) is 3. The number of hydrogen-bond acceptors (Lipinski definition) is 5. The maximum absolute atomic E-state index is 12.2. The van der Waals surface area contributed by atoms with Crippen LogP contribution in [0.3, 0.4) is 0 Å². The van der Waals surface area contributed by atoms with E-state index < -0.39 is 5.97 Å². The van der Waals surface area contributed by atoms with Crippen molar-refractivity contribution >= 4 is 11.9 Å². The van der Waals surface area contributed by atoms with Crippen LogP contribution in [0.15, 0.2) is 30.3 Å². The third-order valence-electron chi connectivity index (χ3n) is 5.44. The number of benzene rings is 1. The van der Waals surface area contributed by atoms with Crippen molar-refractivity contribution in [2.75, 3.05) is 13.2 Å². The molecule has 0 amide bonds. The van der Waals surface area contributed by atoms with E-state index >= 15 is 0 Å². The molecular weight excluding hydrogens is 348 g/mol. The van der Waals surface area contributed by atoms with Crippen LogP contribution in [0, 0.1) is 17.8 Å². The van der Waals surface area contributed by atoms with Gasteiger partial charge in [0.15, 0.2) is 6.29 Å². The molecule has 1 saturated heterocycles. The van der Waals surface area contributed by atoms with Crippen molar-refractivity contribution in [2.24, 2.45) is 17.8 Å².